The third kappa shape index (κ3) is 2.26. The molecule has 0 amide bonds. The van der Waals surface area contributed by atoms with Gasteiger partial charge >= 0.3 is 0 Å². The average Bonchev–Trinajstić information content (AvgIpc) is 2.99. The first-order chi connectivity index (χ1) is 7.29. The van der Waals surface area contributed by atoms with Gasteiger partial charge in [0.25, 0.3) is 0 Å². The van der Waals surface area contributed by atoms with E-state index in [0.29, 0.717) is 6.10 Å². The van der Waals surface area contributed by atoms with Crippen LogP contribution in [0.4, 0.5) is 0 Å². The van der Waals surface area contributed by atoms with E-state index in [1.807, 2.05) is 6.08 Å². The maximum absolute atomic E-state index is 10.1. The molecule has 2 heteroatoms. The minimum Gasteiger partial charge on any atom is -0.386 e. The Morgan fingerprint density at radius 1 is 1.53 bits per heavy atom. The van der Waals surface area contributed by atoms with Crippen molar-refractivity contribution in [3.8, 4) is 0 Å². The van der Waals surface area contributed by atoms with E-state index in [2.05, 4.69) is 13.0 Å². The van der Waals surface area contributed by atoms with Gasteiger partial charge in [0.15, 0.2) is 0 Å². The second kappa shape index (κ2) is 4.67. The Balaban J connectivity index is 1.80. The Morgan fingerprint density at radius 3 is 3.13 bits per heavy atom. The van der Waals surface area contributed by atoms with Crippen molar-refractivity contribution in [2.45, 2.75) is 69.7 Å². The van der Waals surface area contributed by atoms with Crippen molar-refractivity contribution in [3.63, 3.8) is 0 Å². The van der Waals surface area contributed by atoms with E-state index < -0.39 is 0 Å². The topological polar surface area (TPSA) is 32.8 Å². The number of epoxide rings is 1. The minimum absolute atomic E-state index is 0.180. The molecule has 86 valence electrons. The molecule has 1 N–H and O–H groups in total. The van der Waals surface area contributed by atoms with Crippen LogP contribution < -0.4 is 0 Å². The highest BCUT2D eigenvalue weighted by molar-refractivity contribution is 5.15. The zero-order valence-corrected chi connectivity index (χ0v) is 9.61. The van der Waals surface area contributed by atoms with Gasteiger partial charge < -0.3 is 9.84 Å². The van der Waals surface area contributed by atoms with Crippen molar-refractivity contribution in [2.24, 2.45) is 0 Å². The second-order valence-electron chi connectivity index (χ2n) is 4.82. The molecule has 3 atom stereocenters. The van der Waals surface area contributed by atoms with Crippen LogP contribution in [0.5, 0.6) is 0 Å². The molecule has 0 radical (unpaired) electrons. The van der Waals surface area contributed by atoms with Gasteiger partial charge in [-0.25, -0.2) is 0 Å². The van der Waals surface area contributed by atoms with Crippen LogP contribution >= 0.6 is 0 Å². The van der Waals surface area contributed by atoms with E-state index in [-0.39, 0.29) is 11.7 Å². The highest BCUT2D eigenvalue weighted by Gasteiger charge is 2.60. The number of aliphatic hydroxyl groups excluding tert-OH is 1. The SMILES string of the molecule is CCCCC=CC(O)C12CCCCC1O2. The molecule has 3 unspecified atom stereocenters. The Kier molecular flexibility index (Phi) is 3.47. The summed E-state index contributed by atoms with van der Waals surface area (Å²) in [5, 5.41) is 10.1. The van der Waals surface area contributed by atoms with Crippen molar-refractivity contribution in [1.82, 2.24) is 0 Å². The number of aliphatic hydroxyl groups is 1. The van der Waals surface area contributed by atoms with Crippen molar-refractivity contribution in [3.05, 3.63) is 12.2 Å². The number of unbranched alkanes of at least 4 members (excludes halogenated alkanes) is 2. The summed E-state index contributed by atoms with van der Waals surface area (Å²) in [6.45, 7) is 2.18. The summed E-state index contributed by atoms with van der Waals surface area (Å²) in [4.78, 5) is 0. The van der Waals surface area contributed by atoms with Crippen LogP contribution in [0.15, 0.2) is 12.2 Å². The summed E-state index contributed by atoms with van der Waals surface area (Å²) in [5.41, 5.74) is -0.180. The van der Waals surface area contributed by atoms with E-state index in [0.717, 1.165) is 19.3 Å². The predicted molar refractivity (Wildman–Crippen MR) is 60.7 cm³/mol. The third-order valence-electron chi connectivity index (χ3n) is 3.68. The molecule has 0 aromatic carbocycles. The van der Waals surface area contributed by atoms with E-state index >= 15 is 0 Å². The van der Waals surface area contributed by atoms with Crippen molar-refractivity contribution in [2.75, 3.05) is 0 Å². The van der Waals surface area contributed by atoms with E-state index in [1.54, 1.807) is 0 Å². The van der Waals surface area contributed by atoms with Crippen molar-refractivity contribution >= 4 is 0 Å². The molecule has 0 aromatic rings. The zero-order chi connectivity index (χ0) is 10.7. The fraction of sp³-hybridized carbons (Fsp3) is 0.846. The van der Waals surface area contributed by atoms with Crippen LogP contribution in [0.3, 0.4) is 0 Å². The molecule has 1 saturated heterocycles. The minimum atomic E-state index is -0.375. The third-order valence-corrected chi connectivity index (χ3v) is 3.68. The lowest BCUT2D eigenvalue weighted by Gasteiger charge is -2.20. The Hall–Kier alpha value is -0.340. The predicted octanol–water partition coefficient (Wildman–Crippen LogP) is 2.81. The second-order valence-corrected chi connectivity index (χ2v) is 4.82. The highest BCUT2D eigenvalue weighted by Crippen LogP contribution is 2.50. The van der Waals surface area contributed by atoms with Crippen LogP contribution in [-0.2, 0) is 4.74 Å². The lowest BCUT2D eigenvalue weighted by atomic mass is 9.85. The van der Waals surface area contributed by atoms with Crippen LogP contribution in [0.25, 0.3) is 0 Å². The van der Waals surface area contributed by atoms with Crippen LogP contribution in [0, 0.1) is 0 Å². The normalized spacial score (nSPS) is 36.5. The van der Waals surface area contributed by atoms with Crippen molar-refractivity contribution in [1.29, 1.82) is 0 Å². The fourth-order valence-corrected chi connectivity index (χ4v) is 2.60. The summed E-state index contributed by atoms with van der Waals surface area (Å²) in [6.07, 6.45) is 12.2. The summed E-state index contributed by atoms with van der Waals surface area (Å²) in [5.74, 6) is 0. The zero-order valence-electron chi connectivity index (χ0n) is 9.61. The molecular formula is C13H22O2. The van der Waals surface area contributed by atoms with Crippen LogP contribution in [-0.4, -0.2) is 22.9 Å². The Bertz CT molecular complexity index is 237. The molecule has 0 spiro atoms. The average molecular weight is 210 g/mol. The fourth-order valence-electron chi connectivity index (χ4n) is 2.60. The van der Waals surface area contributed by atoms with E-state index in [4.69, 9.17) is 4.74 Å². The standard InChI is InChI=1S/C13H22O2/c1-2-3-4-5-8-11(14)13-10-7-6-9-12(13)15-13/h5,8,11-12,14H,2-4,6-7,9-10H2,1H3. The van der Waals surface area contributed by atoms with Gasteiger partial charge in [0.1, 0.15) is 11.7 Å². The molecule has 1 aliphatic carbocycles. The molecule has 1 heterocycles. The van der Waals surface area contributed by atoms with Gasteiger partial charge in [-0.2, -0.15) is 0 Å². The molecule has 1 aliphatic heterocycles. The van der Waals surface area contributed by atoms with Gasteiger partial charge in [0.2, 0.25) is 0 Å². The summed E-state index contributed by atoms with van der Waals surface area (Å²) < 4.78 is 5.68. The maximum atomic E-state index is 10.1. The lowest BCUT2D eigenvalue weighted by Crippen LogP contribution is -2.32. The van der Waals surface area contributed by atoms with Crippen molar-refractivity contribution < 1.29 is 9.84 Å². The first kappa shape index (κ1) is 11.2. The van der Waals surface area contributed by atoms with E-state index in [9.17, 15) is 5.11 Å². The number of ether oxygens (including phenoxy) is 1. The highest BCUT2D eigenvalue weighted by atomic mass is 16.6. The summed E-state index contributed by atoms with van der Waals surface area (Å²) in [6, 6.07) is 0. The summed E-state index contributed by atoms with van der Waals surface area (Å²) >= 11 is 0. The van der Waals surface area contributed by atoms with Gasteiger partial charge in [-0.15, -0.1) is 0 Å². The first-order valence-corrected chi connectivity index (χ1v) is 6.32. The van der Waals surface area contributed by atoms with E-state index in [1.165, 1.54) is 25.7 Å². The molecule has 2 nitrogen and oxygen atoms in total. The molecule has 2 aliphatic rings. The van der Waals surface area contributed by atoms with Gasteiger partial charge in [0.05, 0.1) is 6.10 Å². The quantitative estimate of drug-likeness (QED) is 0.430. The molecule has 15 heavy (non-hydrogen) atoms. The number of fused-ring (bicyclic) bond motifs is 1. The largest absolute Gasteiger partial charge is 0.386 e. The molecule has 0 bridgehead atoms. The number of allylic oxidation sites excluding steroid dienone is 1. The molecule has 2 rings (SSSR count). The number of hydrogen-bond acceptors (Lipinski definition) is 2. The lowest BCUT2D eigenvalue weighted by molar-refractivity contribution is 0.104. The Morgan fingerprint density at radius 2 is 2.40 bits per heavy atom. The molecular weight excluding hydrogens is 188 g/mol. The van der Waals surface area contributed by atoms with Crippen LogP contribution in [0.1, 0.15) is 51.9 Å². The first-order valence-electron chi connectivity index (χ1n) is 6.32. The monoisotopic (exact) mass is 210 g/mol. The van der Waals surface area contributed by atoms with Gasteiger partial charge in [0, 0.05) is 0 Å². The molecule has 0 aromatic heterocycles. The van der Waals surface area contributed by atoms with Gasteiger partial charge in [-0.3, -0.25) is 0 Å². The number of rotatable bonds is 5. The smallest absolute Gasteiger partial charge is 0.124 e. The van der Waals surface area contributed by atoms with Crippen LogP contribution in [0.2, 0.25) is 0 Å². The maximum Gasteiger partial charge on any atom is 0.124 e. The summed E-state index contributed by atoms with van der Waals surface area (Å²) in [7, 11) is 0. The number of hydrogen-bond donors (Lipinski definition) is 1. The Labute approximate surface area is 92.3 Å². The molecule has 2 fully saturated rings. The molecule has 1 saturated carbocycles. The van der Waals surface area contributed by atoms with Gasteiger partial charge in [-0.05, 0) is 19.3 Å². The van der Waals surface area contributed by atoms with Gasteiger partial charge in [-0.1, -0.05) is 44.8 Å².